The van der Waals surface area contributed by atoms with E-state index in [4.69, 9.17) is 21.1 Å². The Bertz CT molecular complexity index is 382. The van der Waals surface area contributed by atoms with E-state index < -0.39 is 0 Å². The first-order valence-electron chi connectivity index (χ1n) is 5.15. The number of halogens is 1. The van der Waals surface area contributed by atoms with Crippen LogP contribution in [0.15, 0.2) is 12.1 Å². The molecule has 0 spiro atoms. The minimum atomic E-state index is 0.399. The van der Waals surface area contributed by atoms with Gasteiger partial charge in [0.25, 0.3) is 0 Å². The molecule has 0 fully saturated rings. The van der Waals surface area contributed by atoms with Crippen molar-refractivity contribution in [3.63, 3.8) is 0 Å². The highest BCUT2D eigenvalue weighted by Crippen LogP contribution is 2.38. The van der Waals surface area contributed by atoms with E-state index in [-0.39, 0.29) is 0 Å². The smallest absolute Gasteiger partial charge is 0.179 e. The van der Waals surface area contributed by atoms with Crippen molar-refractivity contribution >= 4 is 11.6 Å². The van der Waals surface area contributed by atoms with Crippen LogP contribution < -0.4 is 9.47 Å². The summed E-state index contributed by atoms with van der Waals surface area (Å²) in [5, 5.41) is 10.8. The van der Waals surface area contributed by atoms with E-state index in [9.17, 15) is 5.21 Å². The van der Waals surface area contributed by atoms with E-state index in [1.54, 1.807) is 13.1 Å². The highest BCUT2D eigenvalue weighted by molar-refractivity contribution is 6.32. The number of nitrogens with zero attached hydrogens (tertiary/aromatic N) is 1. The molecule has 88 valence electrons. The molecule has 1 aromatic carbocycles. The van der Waals surface area contributed by atoms with Crippen LogP contribution >= 0.6 is 11.6 Å². The van der Waals surface area contributed by atoms with Gasteiger partial charge in [0.15, 0.2) is 11.5 Å². The third-order valence-corrected chi connectivity index (χ3v) is 2.55. The summed E-state index contributed by atoms with van der Waals surface area (Å²) >= 11 is 6.10. The van der Waals surface area contributed by atoms with Gasteiger partial charge < -0.3 is 14.7 Å². The highest BCUT2D eigenvalue weighted by atomic mass is 35.5. The molecule has 0 unspecified atom stereocenters. The molecule has 1 aliphatic heterocycles. The molecule has 0 radical (unpaired) electrons. The Morgan fingerprint density at radius 2 is 2.12 bits per heavy atom. The number of fused-ring (bicyclic) bond motifs is 1. The molecule has 1 aromatic rings. The number of hydrogen-bond acceptors (Lipinski definition) is 4. The summed E-state index contributed by atoms with van der Waals surface area (Å²) in [6.45, 7) is 1.64. The lowest BCUT2D eigenvalue weighted by atomic mass is 10.2. The van der Waals surface area contributed by atoms with Gasteiger partial charge >= 0.3 is 0 Å². The lowest BCUT2D eigenvalue weighted by molar-refractivity contribution is -0.0731. The molecular weight excluding hydrogens is 230 g/mol. The molecule has 0 aromatic heterocycles. The summed E-state index contributed by atoms with van der Waals surface area (Å²) < 4.78 is 11.0. The lowest BCUT2D eigenvalue weighted by Gasteiger charge is -2.13. The molecule has 5 heteroatoms. The fourth-order valence-electron chi connectivity index (χ4n) is 1.64. The zero-order valence-corrected chi connectivity index (χ0v) is 9.83. The van der Waals surface area contributed by atoms with Gasteiger partial charge in [-0.15, -0.1) is 0 Å². The largest absolute Gasteiger partial charge is 0.489 e. The van der Waals surface area contributed by atoms with Crippen LogP contribution in [0, 0.1) is 0 Å². The van der Waals surface area contributed by atoms with E-state index in [0.29, 0.717) is 36.3 Å². The molecule has 1 aliphatic rings. The van der Waals surface area contributed by atoms with Crippen molar-refractivity contribution < 1.29 is 14.7 Å². The van der Waals surface area contributed by atoms with Crippen molar-refractivity contribution in [2.75, 3.05) is 20.3 Å². The molecule has 1 heterocycles. The zero-order chi connectivity index (χ0) is 11.5. The van der Waals surface area contributed by atoms with Crippen LogP contribution in [-0.4, -0.2) is 30.5 Å². The van der Waals surface area contributed by atoms with Crippen LogP contribution in [0.4, 0.5) is 0 Å². The van der Waals surface area contributed by atoms with Gasteiger partial charge in [0, 0.05) is 20.0 Å². The summed E-state index contributed by atoms with van der Waals surface area (Å²) in [5.41, 5.74) is 0.888. The van der Waals surface area contributed by atoms with Crippen molar-refractivity contribution in [3.05, 3.63) is 22.7 Å². The quantitative estimate of drug-likeness (QED) is 0.810. The van der Waals surface area contributed by atoms with Crippen LogP contribution in [0.5, 0.6) is 11.5 Å². The third-order valence-electron chi connectivity index (χ3n) is 2.27. The topological polar surface area (TPSA) is 41.9 Å². The molecule has 0 amide bonds. The Balaban J connectivity index is 2.32. The number of ether oxygens (including phenoxy) is 2. The van der Waals surface area contributed by atoms with Crippen molar-refractivity contribution in [2.24, 2.45) is 0 Å². The molecule has 4 nitrogen and oxygen atoms in total. The summed E-state index contributed by atoms with van der Waals surface area (Å²) in [5.74, 6) is 1.25. The Morgan fingerprint density at radius 1 is 1.38 bits per heavy atom. The van der Waals surface area contributed by atoms with Crippen molar-refractivity contribution in [3.8, 4) is 11.5 Å². The number of hydrogen-bond donors (Lipinski definition) is 1. The first-order chi connectivity index (χ1) is 7.66. The predicted octanol–water partition coefficient (Wildman–Crippen LogP) is 2.32. The number of rotatable bonds is 2. The molecule has 0 atom stereocenters. The van der Waals surface area contributed by atoms with Crippen LogP contribution in [0.3, 0.4) is 0 Å². The van der Waals surface area contributed by atoms with E-state index >= 15 is 0 Å². The van der Waals surface area contributed by atoms with Crippen molar-refractivity contribution in [1.82, 2.24) is 5.06 Å². The number of hydroxylamine groups is 2. The standard InChI is InChI=1S/C11H14ClNO3/c1-13(14)7-8-5-9(12)11-10(6-8)15-3-2-4-16-11/h5-6,14H,2-4,7H2,1H3. The van der Waals surface area contributed by atoms with E-state index in [1.807, 2.05) is 6.07 Å². The minimum Gasteiger partial charge on any atom is -0.489 e. The molecule has 16 heavy (non-hydrogen) atoms. The molecular formula is C11H14ClNO3. The van der Waals surface area contributed by atoms with Crippen molar-refractivity contribution in [2.45, 2.75) is 13.0 Å². The maximum atomic E-state index is 9.17. The van der Waals surface area contributed by atoms with E-state index in [0.717, 1.165) is 17.0 Å². The lowest BCUT2D eigenvalue weighted by Crippen LogP contribution is -2.11. The Morgan fingerprint density at radius 3 is 2.88 bits per heavy atom. The summed E-state index contributed by atoms with van der Waals surface area (Å²) in [4.78, 5) is 0. The van der Waals surface area contributed by atoms with Crippen LogP contribution in [0.1, 0.15) is 12.0 Å². The maximum absolute atomic E-state index is 9.17. The molecule has 2 rings (SSSR count). The molecule has 0 saturated carbocycles. The van der Waals surface area contributed by atoms with Gasteiger partial charge in [0.05, 0.1) is 18.2 Å². The SMILES string of the molecule is CN(O)Cc1cc(Cl)c2c(c1)OCCCO2. The minimum absolute atomic E-state index is 0.399. The van der Waals surface area contributed by atoms with Gasteiger partial charge in [0.1, 0.15) is 0 Å². The summed E-state index contributed by atoms with van der Waals surface area (Å²) in [6, 6.07) is 3.63. The highest BCUT2D eigenvalue weighted by Gasteiger charge is 2.15. The molecule has 0 bridgehead atoms. The van der Waals surface area contributed by atoms with E-state index in [1.165, 1.54) is 0 Å². The fraction of sp³-hybridized carbons (Fsp3) is 0.455. The van der Waals surface area contributed by atoms with Gasteiger partial charge in [-0.2, -0.15) is 5.06 Å². The van der Waals surface area contributed by atoms with Gasteiger partial charge in [-0.05, 0) is 17.7 Å². The second kappa shape index (κ2) is 4.91. The van der Waals surface area contributed by atoms with Gasteiger partial charge in [-0.3, -0.25) is 0 Å². The second-order valence-corrected chi connectivity index (χ2v) is 4.18. The summed E-state index contributed by atoms with van der Waals surface area (Å²) in [7, 11) is 1.58. The first-order valence-corrected chi connectivity index (χ1v) is 5.52. The maximum Gasteiger partial charge on any atom is 0.179 e. The van der Waals surface area contributed by atoms with E-state index in [2.05, 4.69) is 0 Å². The average Bonchev–Trinajstić information content (AvgIpc) is 2.41. The van der Waals surface area contributed by atoms with Gasteiger partial charge in [0.2, 0.25) is 0 Å². The predicted molar refractivity (Wildman–Crippen MR) is 60.3 cm³/mol. The Labute approximate surface area is 99.3 Å². The Kier molecular flexibility index (Phi) is 3.53. The monoisotopic (exact) mass is 243 g/mol. The molecule has 1 N–H and O–H groups in total. The van der Waals surface area contributed by atoms with Crippen LogP contribution in [-0.2, 0) is 6.54 Å². The second-order valence-electron chi connectivity index (χ2n) is 3.77. The third kappa shape index (κ3) is 2.58. The first kappa shape index (κ1) is 11.5. The average molecular weight is 244 g/mol. The van der Waals surface area contributed by atoms with Crippen molar-refractivity contribution in [1.29, 1.82) is 0 Å². The normalized spacial score (nSPS) is 15.0. The van der Waals surface area contributed by atoms with Gasteiger partial charge in [-0.1, -0.05) is 11.6 Å². The summed E-state index contributed by atoms with van der Waals surface area (Å²) in [6.07, 6.45) is 0.847. The van der Waals surface area contributed by atoms with Gasteiger partial charge in [-0.25, -0.2) is 0 Å². The fourth-order valence-corrected chi connectivity index (χ4v) is 1.93. The molecule has 0 saturated heterocycles. The van der Waals surface area contributed by atoms with Crippen LogP contribution in [0.2, 0.25) is 5.02 Å². The Hall–Kier alpha value is -0.970. The molecule has 0 aliphatic carbocycles. The van der Waals surface area contributed by atoms with Crippen LogP contribution in [0.25, 0.3) is 0 Å². The number of benzene rings is 1. The zero-order valence-electron chi connectivity index (χ0n) is 9.07.